The first-order valence-electron chi connectivity index (χ1n) is 7.87. The van der Waals surface area contributed by atoms with Gasteiger partial charge in [-0.2, -0.15) is 0 Å². The van der Waals surface area contributed by atoms with Gasteiger partial charge in [0, 0.05) is 19.6 Å². The van der Waals surface area contributed by atoms with Crippen LogP contribution in [0.5, 0.6) is 5.75 Å². The number of rotatable bonds is 6. The molecule has 0 amide bonds. The van der Waals surface area contributed by atoms with Crippen LogP contribution in [0.2, 0.25) is 0 Å². The van der Waals surface area contributed by atoms with Gasteiger partial charge >= 0.3 is 0 Å². The van der Waals surface area contributed by atoms with Crippen molar-refractivity contribution in [1.29, 1.82) is 0 Å². The van der Waals surface area contributed by atoms with Crippen molar-refractivity contribution in [3.8, 4) is 5.75 Å². The van der Waals surface area contributed by atoms with Crippen LogP contribution >= 0.6 is 0 Å². The van der Waals surface area contributed by atoms with Gasteiger partial charge in [-0.1, -0.05) is 19.1 Å². The lowest BCUT2D eigenvalue weighted by Crippen LogP contribution is -2.46. The first-order valence-corrected chi connectivity index (χ1v) is 7.87. The van der Waals surface area contributed by atoms with Gasteiger partial charge in [0.15, 0.2) is 0 Å². The molecular weight excluding hydrogens is 266 g/mol. The summed E-state index contributed by atoms with van der Waals surface area (Å²) >= 11 is 0. The monoisotopic (exact) mass is 293 g/mol. The van der Waals surface area contributed by atoms with Crippen LogP contribution in [0.3, 0.4) is 0 Å². The standard InChI is InChI=1S/C17H27NO3/c1-4-9-20-16-7-5-15(6-8-16)17(19)12-18-10-13(2)21-14(3)11-18/h5-8,13-14,17,19H,4,9-12H2,1-3H3. The number of aliphatic hydroxyl groups excluding tert-OH is 1. The van der Waals surface area contributed by atoms with Crippen molar-refractivity contribution in [2.75, 3.05) is 26.2 Å². The average molecular weight is 293 g/mol. The zero-order valence-corrected chi connectivity index (χ0v) is 13.3. The number of benzene rings is 1. The van der Waals surface area contributed by atoms with Gasteiger partial charge in [-0.25, -0.2) is 0 Å². The van der Waals surface area contributed by atoms with Crippen LogP contribution in [-0.4, -0.2) is 48.5 Å². The van der Waals surface area contributed by atoms with E-state index in [0.717, 1.165) is 37.4 Å². The number of ether oxygens (including phenoxy) is 2. The van der Waals surface area contributed by atoms with E-state index in [1.54, 1.807) is 0 Å². The predicted molar refractivity (Wildman–Crippen MR) is 83.6 cm³/mol. The Balaban J connectivity index is 1.89. The third-order valence-electron chi connectivity index (χ3n) is 3.66. The Morgan fingerprint density at radius 3 is 2.43 bits per heavy atom. The van der Waals surface area contributed by atoms with Gasteiger partial charge in [-0.3, -0.25) is 4.90 Å². The van der Waals surface area contributed by atoms with Gasteiger partial charge in [-0.15, -0.1) is 0 Å². The van der Waals surface area contributed by atoms with E-state index in [1.807, 2.05) is 24.3 Å². The van der Waals surface area contributed by atoms with Gasteiger partial charge in [0.25, 0.3) is 0 Å². The average Bonchev–Trinajstić information content (AvgIpc) is 2.44. The van der Waals surface area contributed by atoms with E-state index < -0.39 is 6.10 Å². The topological polar surface area (TPSA) is 41.9 Å². The molecule has 1 saturated heterocycles. The SMILES string of the molecule is CCCOc1ccc(C(O)CN2CC(C)OC(C)C2)cc1. The fraction of sp³-hybridized carbons (Fsp3) is 0.647. The number of nitrogens with zero attached hydrogens (tertiary/aromatic N) is 1. The number of hydrogen-bond acceptors (Lipinski definition) is 4. The molecule has 0 radical (unpaired) electrons. The molecule has 0 aromatic heterocycles. The zero-order chi connectivity index (χ0) is 15.2. The Hall–Kier alpha value is -1.10. The molecule has 1 aliphatic heterocycles. The van der Waals surface area contributed by atoms with Crippen molar-refractivity contribution in [2.45, 2.75) is 45.5 Å². The maximum Gasteiger partial charge on any atom is 0.119 e. The molecule has 1 aromatic carbocycles. The molecule has 0 saturated carbocycles. The summed E-state index contributed by atoms with van der Waals surface area (Å²) in [5.41, 5.74) is 0.936. The van der Waals surface area contributed by atoms with Crippen LogP contribution in [0, 0.1) is 0 Å². The summed E-state index contributed by atoms with van der Waals surface area (Å²) in [6.45, 7) is 9.36. The Labute approximate surface area is 127 Å². The molecule has 0 spiro atoms. The Bertz CT molecular complexity index is 411. The molecular formula is C17H27NO3. The summed E-state index contributed by atoms with van der Waals surface area (Å²) in [6.07, 6.45) is 0.983. The molecule has 1 N–H and O–H groups in total. The van der Waals surface area contributed by atoms with Crippen LogP contribution in [0.4, 0.5) is 0 Å². The van der Waals surface area contributed by atoms with Gasteiger partial charge in [0.2, 0.25) is 0 Å². The van der Waals surface area contributed by atoms with Crippen LogP contribution < -0.4 is 4.74 Å². The van der Waals surface area contributed by atoms with Crippen LogP contribution in [-0.2, 0) is 4.74 Å². The molecule has 1 aromatic rings. The summed E-state index contributed by atoms with van der Waals surface area (Å²) in [5.74, 6) is 0.862. The maximum absolute atomic E-state index is 10.4. The first-order chi connectivity index (χ1) is 10.1. The van der Waals surface area contributed by atoms with Crippen molar-refractivity contribution in [1.82, 2.24) is 4.90 Å². The van der Waals surface area contributed by atoms with E-state index in [1.165, 1.54) is 0 Å². The summed E-state index contributed by atoms with van der Waals surface area (Å²) in [4.78, 5) is 2.27. The maximum atomic E-state index is 10.4. The molecule has 1 fully saturated rings. The third-order valence-corrected chi connectivity index (χ3v) is 3.66. The van der Waals surface area contributed by atoms with E-state index >= 15 is 0 Å². The molecule has 0 bridgehead atoms. The third kappa shape index (κ3) is 4.99. The Morgan fingerprint density at radius 2 is 1.86 bits per heavy atom. The van der Waals surface area contributed by atoms with E-state index in [2.05, 4.69) is 25.7 Å². The van der Waals surface area contributed by atoms with Crippen molar-refractivity contribution in [3.05, 3.63) is 29.8 Å². The molecule has 1 aliphatic rings. The largest absolute Gasteiger partial charge is 0.494 e. The van der Waals surface area contributed by atoms with Gasteiger partial charge in [0.05, 0.1) is 24.9 Å². The lowest BCUT2D eigenvalue weighted by molar-refractivity contribution is -0.0767. The van der Waals surface area contributed by atoms with Gasteiger partial charge in [-0.05, 0) is 38.0 Å². The molecule has 3 unspecified atom stereocenters. The molecule has 0 aliphatic carbocycles. The van der Waals surface area contributed by atoms with Gasteiger partial charge < -0.3 is 14.6 Å². The number of β-amino-alcohol motifs (C(OH)–C–C–N with tert-alkyl or cyclic N) is 1. The fourth-order valence-electron chi connectivity index (χ4n) is 2.79. The van der Waals surface area contributed by atoms with E-state index in [0.29, 0.717) is 6.54 Å². The highest BCUT2D eigenvalue weighted by Crippen LogP contribution is 2.20. The minimum atomic E-state index is -0.470. The second-order valence-corrected chi connectivity index (χ2v) is 5.91. The molecule has 4 nitrogen and oxygen atoms in total. The summed E-state index contributed by atoms with van der Waals surface area (Å²) < 4.78 is 11.3. The van der Waals surface area contributed by atoms with E-state index in [9.17, 15) is 5.11 Å². The highest BCUT2D eigenvalue weighted by atomic mass is 16.5. The second kappa shape index (κ2) is 7.78. The first kappa shape index (κ1) is 16.3. The minimum absolute atomic E-state index is 0.228. The summed E-state index contributed by atoms with van der Waals surface area (Å²) in [5, 5.41) is 10.4. The second-order valence-electron chi connectivity index (χ2n) is 5.91. The predicted octanol–water partition coefficient (Wildman–Crippen LogP) is 2.62. The number of morpholine rings is 1. The van der Waals surface area contributed by atoms with E-state index in [-0.39, 0.29) is 12.2 Å². The number of hydrogen-bond donors (Lipinski definition) is 1. The lowest BCUT2D eigenvalue weighted by atomic mass is 10.1. The summed E-state index contributed by atoms with van der Waals surface area (Å²) in [7, 11) is 0. The van der Waals surface area contributed by atoms with Crippen molar-refractivity contribution >= 4 is 0 Å². The van der Waals surface area contributed by atoms with Crippen molar-refractivity contribution in [3.63, 3.8) is 0 Å². The van der Waals surface area contributed by atoms with Gasteiger partial charge in [0.1, 0.15) is 5.75 Å². The Morgan fingerprint density at radius 1 is 1.24 bits per heavy atom. The van der Waals surface area contributed by atoms with Crippen LogP contribution in [0.1, 0.15) is 38.9 Å². The highest BCUT2D eigenvalue weighted by Gasteiger charge is 2.24. The molecule has 3 atom stereocenters. The molecule has 118 valence electrons. The normalized spacial score (nSPS) is 24.8. The Kier molecular flexibility index (Phi) is 6.03. The van der Waals surface area contributed by atoms with Crippen LogP contribution in [0.25, 0.3) is 0 Å². The highest BCUT2D eigenvalue weighted by molar-refractivity contribution is 5.28. The van der Waals surface area contributed by atoms with Crippen LogP contribution in [0.15, 0.2) is 24.3 Å². The van der Waals surface area contributed by atoms with Crippen molar-refractivity contribution < 1.29 is 14.6 Å². The molecule has 1 heterocycles. The smallest absolute Gasteiger partial charge is 0.119 e. The fourth-order valence-corrected chi connectivity index (χ4v) is 2.79. The molecule has 4 heteroatoms. The molecule has 2 rings (SSSR count). The van der Waals surface area contributed by atoms with E-state index in [4.69, 9.17) is 9.47 Å². The number of aliphatic hydroxyl groups is 1. The molecule has 21 heavy (non-hydrogen) atoms. The lowest BCUT2D eigenvalue weighted by Gasteiger charge is -2.36. The quantitative estimate of drug-likeness (QED) is 0.875. The minimum Gasteiger partial charge on any atom is -0.494 e. The summed E-state index contributed by atoms with van der Waals surface area (Å²) in [6, 6.07) is 7.75. The van der Waals surface area contributed by atoms with Crippen molar-refractivity contribution in [2.24, 2.45) is 0 Å². The zero-order valence-electron chi connectivity index (χ0n) is 13.3.